The summed E-state index contributed by atoms with van der Waals surface area (Å²) in [6, 6.07) is 0.494. The lowest BCUT2D eigenvalue weighted by atomic mass is 10.0. The normalized spacial score (nSPS) is 29.4. The van der Waals surface area contributed by atoms with Gasteiger partial charge in [-0.25, -0.2) is 0 Å². The van der Waals surface area contributed by atoms with Crippen LogP contribution in [0.2, 0.25) is 0 Å². The fourth-order valence-corrected chi connectivity index (χ4v) is 1.76. The molecule has 3 atom stereocenters. The van der Waals surface area contributed by atoms with E-state index in [0.29, 0.717) is 6.04 Å². The molecule has 2 heteroatoms. The van der Waals surface area contributed by atoms with E-state index in [-0.39, 0.29) is 0 Å². The second-order valence-electron chi connectivity index (χ2n) is 3.75. The Bertz CT molecular complexity index is 171. The molecule has 1 aliphatic rings. The van der Waals surface area contributed by atoms with Crippen molar-refractivity contribution in [3.63, 3.8) is 0 Å². The van der Waals surface area contributed by atoms with Crippen molar-refractivity contribution in [2.24, 2.45) is 17.7 Å². The van der Waals surface area contributed by atoms with Gasteiger partial charge in [-0.3, -0.25) is 11.3 Å². The zero-order chi connectivity index (χ0) is 8.97. The second kappa shape index (κ2) is 4.49. The zero-order valence-corrected chi connectivity index (χ0v) is 7.72. The molecule has 3 N–H and O–H groups in total. The van der Waals surface area contributed by atoms with E-state index in [1.807, 2.05) is 0 Å². The molecular weight excluding hydrogens is 148 g/mol. The molecular formula is C10H18N2. The molecule has 0 aromatic rings. The SMILES string of the molecule is C#CCCCC(NN)C1CC1C. The maximum atomic E-state index is 5.46. The summed E-state index contributed by atoms with van der Waals surface area (Å²) in [5.74, 6) is 9.76. The Labute approximate surface area is 74.9 Å². The van der Waals surface area contributed by atoms with Gasteiger partial charge in [-0.1, -0.05) is 6.92 Å². The van der Waals surface area contributed by atoms with E-state index < -0.39 is 0 Å². The van der Waals surface area contributed by atoms with Gasteiger partial charge in [0.2, 0.25) is 0 Å². The minimum absolute atomic E-state index is 0.494. The Morgan fingerprint density at radius 1 is 1.75 bits per heavy atom. The maximum Gasteiger partial charge on any atom is 0.0241 e. The van der Waals surface area contributed by atoms with E-state index >= 15 is 0 Å². The van der Waals surface area contributed by atoms with Crippen molar-refractivity contribution < 1.29 is 0 Å². The summed E-state index contributed by atoms with van der Waals surface area (Å²) in [5, 5.41) is 0. The molecule has 1 saturated carbocycles. The van der Waals surface area contributed by atoms with Crippen LogP contribution in [0.1, 0.15) is 32.6 Å². The molecule has 0 aromatic carbocycles. The molecule has 0 amide bonds. The number of nitrogens with one attached hydrogen (secondary N) is 1. The number of nitrogens with two attached hydrogens (primary N) is 1. The van der Waals surface area contributed by atoms with E-state index in [2.05, 4.69) is 18.3 Å². The molecule has 1 fully saturated rings. The number of terminal acetylenes is 1. The molecule has 0 saturated heterocycles. The summed E-state index contributed by atoms with van der Waals surface area (Å²) in [7, 11) is 0. The van der Waals surface area contributed by atoms with Gasteiger partial charge < -0.3 is 0 Å². The smallest absolute Gasteiger partial charge is 0.0241 e. The number of unbranched alkanes of at least 4 members (excludes halogenated alkanes) is 1. The van der Waals surface area contributed by atoms with Crippen molar-refractivity contribution in [2.75, 3.05) is 0 Å². The predicted molar refractivity (Wildman–Crippen MR) is 51.1 cm³/mol. The molecule has 1 rings (SSSR count). The first-order valence-electron chi connectivity index (χ1n) is 4.69. The van der Waals surface area contributed by atoms with Crippen LogP contribution in [0.4, 0.5) is 0 Å². The fourth-order valence-electron chi connectivity index (χ4n) is 1.76. The van der Waals surface area contributed by atoms with Gasteiger partial charge in [-0.05, 0) is 31.1 Å². The van der Waals surface area contributed by atoms with Crippen LogP contribution in [0.3, 0.4) is 0 Å². The van der Waals surface area contributed by atoms with Crippen molar-refractivity contribution in [1.82, 2.24) is 5.43 Å². The Balaban J connectivity index is 2.14. The van der Waals surface area contributed by atoms with Crippen LogP contribution in [0.15, 0.2) is 0 Å². The van der Waals surface area contributed by atoms with Gasteiger partial charge >= 0.3 is 0 Å². The van der Waals surface area contributed by atoms with Crippen LogP contribution < -0.4 is 11.3 Å². The average Bonchev–Trinajstić information content (AvgIpc) is 2.77. The third-order valence-electron chi connectivity index (χ3n) is 2.74. The summed E-state index contributed by atoms with van der Waals surface area (Å²) >= 11 is 0. The van der Waals surface area contributed by atoms with Crippen LogP contribution in [0.5, 0.6) is 0 Å². The molecule has 1 aliphatic carbocycles. The number of rotatable bonds is 5. The highest BCUT2D eigenvalue weighted by Gasteiger charge is 2.38. The lowest BCUT2D eigenvalue weighted by Crippen LogP contribution is -2.37. The summed E-state index contributed by atoms with van der Waals surface area (Å²) in [6.07, 6.45) is 9.58. The number of hydrazine groups is 1. The van der Waals surface area contributed by atoms with Crippen LogP contribution in [-0.4, -0.2) is 6.04 Å². The van der Waals surface area contributed by atoms with Gasteiger partial charge in [0.15, 0.2) is 0 Å². The highest BCUT2D eigenvalue weighted by atomic mass is 15.2. The van der Waals surface area contributed by atoms with E-state index in [1.54, 1.807) is 0 Å². The van der Waals surface area contributed by atoms with E-state index in [1.165, 1.54) is 6.42 Å². The summed E-state index contributed by atoms with van der Waals surface area (Å²) < 4.78 is 0. The molecule has 68 valence electrons. The average molecular weight is 166 g/mol. The molecule has 2 nitrogen and oxygen atoms in total. The largest absolute Gasteiger partial charge is 0.271 e. The van der Waals surface area contributed by atoms with Crippen molar-refractivity contribution >= 4 is 0 Å². The van der Waals surface area contributed by atoms with Crippen LogP contribution in [0.25, 0.3) is 0 Å². The molecule has 3 unspecified atom stereocenters. The maximum absolute atomic E-state index is 5.46. The fraction of sp³-hybridized carbons (Fsp3) is 0.800. The Hall–Kier alpha value is -0.520. The summed E-state index contributed by atoms with van der Waals surface area (Å²) in [6.45, 7) is 2.27. The topological polar surface area (TPSA) is 38.0 Å². The van der Waals surface area contributed by atoms with Crippen molar-refractivity contribution in [2.45, 2.75) is 38.6 Å². The Morgan fingerprint density at radius 3 is 2.83 bits per heavy atom. The lowest BCUT2D eigenvalue weighted by Gasteiger charge is -2.14. The molecule has 0 aliphatic heterocycles. The summed E-state index contributed by atoms with van der Waals surface area (Å²) in [5.41, 5.74) is 2.88. The van der Waals surface area contributed by atoms with Gasteiger partial charge in [0.05, 0.1) is 0 Å². The third-order valence-corrected chi connectivity index (χ3v) is 2.74. The highest BCUT2D eigenvalue weighted by Crippen LogP contribution is 2.41. The highest BCUT2D eigenvalue weighted by molar-refractivity contribution is 4.92. The zero-order valence-electron chi connectivity index (χ0n) is 7.72. The standard InChI is InChI=1S/C10H18N2/c1-3-4-5-6-10(12-11)9-7-8(9)2/h1,8-10,12H,4-7,11H2,2H3. The van der Waals surface area contributed by atoms with Crippen LogP contribution in [-0.2, 0) is 0 Å². The van der Waals surface area contributed by atoms with Gasteiger partial charge in [0, 0.05) is 12.5 Å². The minimum Gasteiger partial charge on any atom is -0.271 e. The first-order valence-corrected chi connectivity index (χ1v) is 4.69. The molecule has 0 spiro atoms. The van der Waals surface area contributed by atoms with E-state index in [0.717, 1.165) is 31.1 Å². The first-order chi connectivity index (χ1) is 5.79. The van der Waals surface area contributed by atoms with E-state index in [9.17, 15) is 0 Å². The molecule has 0 bridgehead atoms. The van der Waals surface area contributed by atoms with Gasteiger partial charge in [-0.2, -0.15) is 0 Å². The Kier molecular flexibility index (Phi) is 3.58. The minimum atomic E-state index is 0.494. The predicted octanol–water partition coefficient (Wildman–Crippen LogP) is 1.28. The van der Waals surface area contributed by atoms with Crippen molar-refractivity contribution in [1.29, 1.82) is 0 Å². The van der Waals surface area contributed by atoms with Crippen LogP contribution in [0, 0.1) is 24.2 Å². The van der Waals surface area contributed by atoms with E-state index in [4.69, 9.17) is 12.3 Å². The molecule has 0 aromatic heterocycles. The monoisotopic (exact) mass is 166 g/mol. The van der Waals surface area contributed by atoms with Crippen molar-refractivity contribution in [3.05, 3.63) is 0 Å². The quantitative estimate of drug-likeness (QED) is 0.279. The van der Waals surface area contributed by atoms with Gasteiger partial charge in [0.1, 0.15) is 0 Å². The molecule has 0 radical (unpaired) electrons. The van der Waals surface area contributed by atoms with Crippen molar-refractivity contribution in [3.8, 4) is 12.3 Å². The molecule has 0 heterocycles. The number of hydrogen-bond acceptors (Lipinski definition) is 2. The third kappa shape index (κ3) is 2.51. The Morgan fingerprint density at radius 2 is 2.42 bits per heavy atom. The van der Waals surface area contributed by atoms with Crippen LogP contribution >= 0.6 is 0 Å². The second-order valence-corrected chi connectivity index (χ2v) is 3.75. The molecule has 12 heavy (non-hydrogen) atoms. The van der Waals surface area contributed by atoms with Gasteiger partial charge in [-0.15, -0.1) is 12.3 Å². The van der Waals surface area contributed by atoms with Gasteiger partial charge in [0.25, 0.3) is 0 Å². The summed E-state index contributed by atoms with van der Waals surface area (Å²) in [4.78, 5) is 0. The number of hydrogen-bond donors (Lipinski definition) is 2. The lowest BCUT2D eigenvalue weighted by molar-refractivity contribution is 0.421. The first kappa shape index (κ1) is 9.57.